The SMILES string of the molecule is C=CCn1c(SCc2c(F)cccc2F)nnc1-c1ccccn1. The van der Waals surface area contributed by atoms with Crippen molar-refractivity contribution < 1.29 is 8.78 Å². The molecule has 0 aliphatic rings. The molecule has 0 unspecified atom stereocenters. The van der Waals surface area contributed by atoms with Gasteiger partial charge in [0.05, 0.1) is 0 Å². The molecule has 7 heteroatoms. The largest absolute Gasteiger partial charge is 0.297 e. The Labute approximate surface area is 142 Å². The van der Waals surface area contributed by atoms with E-state index < -0.39 is 11.6 Å². The van der Waals surface area contributed by atoms with Crippen LogP contribution in [0.4, 0.5) is 8.78 Å². The molecule has 0 bridgehead atoms. The molecule has 0 N–H and O–H groups in total. The minimum absolute atomic E-state index is 0.0232. The van der Waals surface area contributed by atoms with Gasteiger partial charge < -0.3 is 0 Å². The van der Waals surface area contributed by atoms with Crippen molar-refractivity contribution in [1.29, 1.82) is 0 Å². The predicted molar refractivity (Wildman–Crippen MR) is 89.4 cm³/mol. The number of rotatable bonds is 6. The molecule has 0 radical (unpaired) electrons. The first kappa shape index (κ1) is 16.3. The highest BCUT2D eigenvalue weighted by atomic mass is 32.2. The molecule has 0 amide bonds. The van der Waals surface area contributed by atoms with E-state index in [2.05, 4.69) is 21.8 Å². The molecule has 122 valence electrons. The van der Waals surface area contributed by atoms with Gasteiger partial charge in [0.1, 0.15) is 17.3 Å². The second-order valence-electron chi connectivity index (χ2n) is 4.91. The van der Waals surface area contributed by atoms with E-state index in [1.807, 2.05) is 22.8 Å². The van der Waals surface area contributed by atoms with Crippen molar-refractivity contribution in [2.24, 2.45) is 0 Å². The van der Waals surface area contributed by atoms with E-state index in [0.29, 0.717) is 23.2 Å². The predicted octanol–water partition coefficient (Wildman–Crippen LogP) is 4.10. The average Bonchev–Trinajstić information content (AvgIpc) is 2.98. The lowest BCUT2D eigenvalue weighted by atomic mass is 10.2. The molecule has 0 saturated carbocycles. The molecule has 3 aromatic rings. The van der Waals surface area contributed by atoms with Crippen LogP contribution in [-0.4, -0.2) is 19.7 Å². The number of thioether (sulfide) groups is 1. The van der Waals surface area contributed by atoms with E-state index >= 15 is 0 Å². The van der Waals surface area contributed by atoms with Gasteiger partial charge >= 0.3 is 0 Å². The molecule has 0 aliphatic heterocycles. The van der Waals surface area contributed by atoms with Gasteiger partial charge in [0.15, 0.2) is 11.0 Å². The Morgan fingerprint density at radius 2 is 1.88 bits per heavy atom. The molecule has 1 aromatic carbocycles. The first-order valence-corrected chi connectivity index (χ1v) is 8.20. The molecule has 0 spiro atoms. The zero-order valence-corrected chi connectivity index (χ0v) is 13.5. The summed E-state index contributed by atoms with van der Waals surface area (Å²) in [7, 11) is 0. The highest BCUT2D eigenvalue weighted by molar-refractivity contribution is 7.98. The van der Waals surface area contributed by atoms with Gasteiger partial charge in [0.25, 0.3) is 0 Å². The molecule has 0 fully saturated rings. The lowest BCUT2D eigenvalue weighted by Gasteiger charge is -2.08. The van der Waals surface area contributed by atoms with Crippen molar-refractivity contribution in [3.05, 3.63) is 72.4 Å². The number of benzene rings is 1. The fourth-order valence-electron chi connectivity index (χ4n) is 2.18. The summed E-state index contributed by atoms with van der Waals surface area (Å²) in [6.07, 6.45) is 3.38. The Bertz CT molecular complexity index is 829. The first-order chi connectivity index (χ1) is 11.7. The molecule has 24 heavy (non-hydrogen) atoms. The van der Waals surface area contributed by atoms with Crippen LogP contribution in [0.2, 0.25) is 0 Å². The number of hydrogen-bond acceptors (Lipinski definition) is 4. The van der Waals surface area contributed by atoms with Gasteiger partial charge in [-0.3, -0.25) is 9.55 Å². The van der Waals surface area contributed by atoms with Crippen molar-refractivity contribution in [3.8, 4) is 11.5 Å². The van der Waals surface area contributed by atoms with Crippen molar-refractivity contribution in [2.45, 2.75) is 17.5 Å². The number of hydrogen-bond donors (Lipinski definition) is 0. The third-order valence-electron chi connectivity index (χ3n) is 3.33. The minimum Gasteiger partial charge on any atom is -0.297 e. The van der Waals surface area contributed by atoms with Gasteiger partial charge in [-0.25, -0.2) is 8.78 Å². The first-order valence-electron chi connectivity index (χ1n) is 7.22. The quantitative estimate of drug-likeness (QED) is 0.499. The normalized spacial score (nSPS) is 10.8. The van der Waals surface area contributed by atoms with Gasteiger partial charge in [-0.2, -0.15) is 0 Å². The number of halogens is 2. The molecule has 0 saturated heterocycles. The Morgan fingerprint density at radius 3 is 2.54 bits per heavy atom. The fraction of sp³-hybridized carbons (Fsp3) is 0.118. The van der Waals surface area contributed by atoms with Gasteiger partial charge in [0, 0.05) is 24.1 Å². The van der Waals surface area contributed by atoms with E-state index in [1.54, 1.807) is 12.3 Å². The summed E-state index contributed by atoms with van der Waals surface area (Å²) in [6.45, 7) is 4.21. The summed E-state index contributed by atoms with van der Waals surface area (Å²) in [6, 6.07) is 9.33. The molecular formula is C17H14F2N4S. The van der Waals surface area contributed by atoms with Gasteiger partial charge in [-0.1, -0.05) is 30.0 Å². The van der Waals surface area contributed by atoms with Gasteiger partial charge in [-0.05, 0) is 24.3 Å². The van der Waals surface area contributed by atoms with E-state index in [-0.39, 0.29) is 11.3 Å². The minimum atomic E-state index is -0.567. The topological polar surface area (TPSA) is 43.6 Å². The summed E-state index contributed by atoms with van der Waals surface area (Å²) in [4.78, 5) is 4.26. The zero-order chi connectivity index (χ0) is 16.9. The van der Waals surface area contributed by atoms with Crippen LogP contribution >= 0.6 is 11.8 Å². The van der Waals surface area contributed by atoms with Crippen molar-refractivity contribution >= 4 is 11.8 Å². The van der Waals surface area contributed by atoms with Crippen molar-refractivity contribution in [3.63, 3.8) is 0 Å². The Morgan fingerprint density at radius 1 is 1.08 bits per heavy atom. The molecule has 3 rings (SSSR count). The van der Waals surface area contributed by atoms with Crippen LogP contribution in [0.1, 0.15) is 5.56 Å². The number of aromatic nitrogens is 4. The standard InChI is InChI=1S/C17H14F2N4S/c1-2-10-23-16(15-8-3-4-9-20-15)21-22-17(23)24-11-12-13(18)6-5-7-14(12)19/h2-9H,1,10-11H2. The highest BCUT2D eigenvalue weighted by Crippen LogP contribution is 2.27. The number of allylic oxidation sites excluding steroid dienone is 1. The zero-order valence-electron chi connectivity index (χ0n) is 12.7. The van der Waals surface area contributed by atoms with Crippen LogP contribution in [0.5, 0.6) is 0 Å². The van der Waals surface area contributed by atoms with E-state index in [1.165, 1.54) is 30.0 Å². The average molecular weight is 344 g/mol. The Balaban J connectivity index is 1.89. The summed E-state index contributed by atoms with van der Waals surface area (Å²) < 4.78 is 29.3. The van der Waals surface area contributed by atoms with E-state index in [4.69, 9.17) is 0 Å². The molecule has 4 nitrogen and oxygen atoms in total. The molecule has 0 atom stereocenters. The summed E-state index contributed by atoms with van der Waals surface area (Å²) in [5.41, 5.74) is 0.700. The van der Waals surface area contributed by atoms with Crippen LogP contribution in [0.3, 0.4) is 0 Å². The van der Waals surface area contributed by atoms with Gasteiger partial charge in [0.2, 0.25) is 0 Å². The lowest BCUT2D eigenvalue weighted by molar-refractivity contribution is 0.566. The Hall–Kier alpha value is -2.54. The van der Waals surface area contributed by atoms with E-state index in [9.17, 15) is 8.78 Å². The Kier molecular flexibility index (Phi) is 5.00. The van der Waals surface area contributed by atoms with Crippen LogP contribution in [0, 0.1) is 11.6 Å². The molecule has 2 heterocycles. The monoisotopic (exact) mass is 344 g/mol. The lowest BCUT2D eigenvalue weighted by Crippen LogP contribution is -2.02. The third-order valence-corrected chi connectivity index (χ3v) is 4.32. The van der Waals surface area contributed by atoms with Crippen molar-refractivity contribution in [2.75, 3.05) is 0 Å². The molecule has 2 aromatic heterocycles. The number of nitrogens with zero attached hydrogens (tertiary/aromatic N) is 4. The van der Waals surface area contributed by atoms with Crippen molar-refractivity contribution in [1.82, 2.24) is 19.7 Å². The maximum atomic E-state index is 13.7. The van der Waals surface area contributed by atoms with Crippen LogP contribution in [0.25, 0.3) is 11.5 Å². The number of pyridine rings is 1. The fourth-order valence-corrected chi connectivity index (χ4v) is 3.15. The summed E-state index contributed by atoms with van der Waals surface area (Å²) >= 11 is 1.22. The maximum absolute atomic E-state index is 13.7. The third kappa shape index (κ3) is 3.35. The van der Waals surface area contributed by atoms with Gasteiger partial charge in [-0.15, -0.1) is 16.8 Å². The molecular weight excluding hydrogens is 330 g/mol. The second kappa shape index (κ2) is 7.35. The van der Waals surface area contributed by atoms with Crippen LogP contribution in [-0.2, 0) is 12.3 Å². The maximum Gasteiger partial charge on any atom is 0.192 e. The van der Waals surface area contributed by atoms with E-state index in [0.717, 1.165) is 0 Å². The molecule has 0 aliphatic carbocycles. The second-order valence-corrected chi connectivity index (χ2v) is 5.85. The highest BCUT2D eigenvalue weighted by Gasteiger charge is 2.16. The van der Waals surface area contributed by atoms with Crippen LogP contribution < -0.4 is 0 Å². The van der Waals surface area contributed by atoms with Crippen LogP contribution in [0.15, 0.2) is 60.4 Å². The summed E-state index contributed by atoms with van der Waals surface area (Å²) in [5.74, 6) is -0.424. The smallest absolute Gasteiger partial charge is 0.192 e. The summed E-state index contributed by atoms with van der Waals surface area (Å²) in [5, 5.41) is 8.84.